The summed E-state index contributed by atoms with van der Waals surface area (Å²) in [5, 5.41) is 4.59. The molecule has 13 heavy (non-hydrogen) atoms. The lowest BCUT2D eigenvalue weighted by molar-refractivity contribution is 0.893. The molecule has 0 saturated carbocycles. The molecule has 0 spiro atoms. The average molecular weight is 174 g/mol. The molecule has 0 atom stereocenters. The second-order valence-electron chi connectivity index (χ2n) is 3.57. The van der Waals surface area contributed by atoms with E-state index in [0.29, 0.717) is 6.04 Å². The summed E-state index contributed by atoms with van der Waals surface area (Å²) >= 11 is 0. The van der Waals surface area contributed by atoms with Crippen LogP contribution in [0.4, 0.5) is 5.82 Å². The first-order valence-corrected chi connectivity index (χ1v) is 4.60. The second-order valence-corrected chi connectivity index (χ2v) is 3.57. The van der Waals surface area contributed by atoms with Crippen LogP contribution in [0.5, 0.6) is 0 Å². The first-order valence-electron chi connectivity index (χ1n) is 4.60. The highest BCUT2D eigenvalue weighted by atomic mass is 15.0. The largest absolute Gasteiger partial charge is 0.369 e. The van der Waals surface area contributed by atoms with Crippen molar-refractivity contribution in [2.24, 2.45) is 0 Å². The predicted molar refractivity (Wildman–Crippen MR) is 57.1 cm³/mol. The van der Waals surface area contributed by atoms with E-state index in [9.17, 15) is 0 Å². The number of anilines is 1. The number of H-pyrrole nitrogens is 1. The first-order chi connectivity index (χ1) is 6.25. The minimum Gasteiger partial charge on any atom is -0.369 e. The van der Waals surface area contributed by atoms with Crippen LogP contribution in [0, 0.1) is 0 Å². The van der Waals surface area contributed by atoms with E-state index in [0.717, 1.165) is 5.82 Å². The van der Waals surface area contributed by atoms with Crippen molar-refractivity contribution in [3.8, 4) is 0 Å². The van der Waals surface area contributed by atoms with Crippen LogP contribution in [-0.2, 0) is 0 Å². The molecular formula is C11H14N2. The van der Waals surface area contributed by atoms with E-state index < -0.39 is 0 Å². The Balaban J connectivity index is 2.38. The summed E-state index contributed by atoms with van der Waals surface area (Å²) < 4.78 is 0. The van der Waals surface area contributed by atoms with Gasteiger partial charge < -0.3 is 10.3 Å². The van der Waals surface area contributed by atoms with Crippen LogP contribution in [0.3, 0.4) is 0 Å². The zero-order valence-corrected chi connectivity index (χ0v) is 7.96. The third-order valence-corrected chi connectivity index (χ3v) is 1.97. The van der Waals surface area contributed by atoms with E-state index in [2.05, 4.69) is 48.4 Å². The monoisotopic (exact) mass is 174 g/mol. The van der Waals surface area contributed by atoms with Gasteiger partial charge in [0.1, 0.15) is 5.82 Å². The van der Waals surface area contributed by atoms with E-state index in [1.165, 1.54) is 10.9 Å². The molecule has 2 N–H and O–H groups in total. The lowest BCUT2D eigenvalue weighted by Crippen LogP contribution is -2.09. The van der Waals surface area contributed by atoms with E-state index in [4.69, 9.17) is 0 Å². The van der Waals surface area contributed by atoms with Crippen molar-refractivity contribution in [3.05, 3.63) is 30.3 Å². The van der Waals surface area contributed by atoms with Crippen LogP contribution in [-0.4, -0.2) is 11.0 Å². The minimum absolute atomic E-state index is 0.466. The molecule has 0 bridgehead atoms. The van der Waals surface area contributed by atoms with Crippen LogP contribution in [0.15, 0.2) is 30.3 Å². The van der Waals surface area contributed by atoms with Gasteiger partial charge in [-0.15, -0.1) is 0 Å². The molecule has 0 amide bonds. The maximum atomic E-state index is 3.34. The molecule has 68 valence electrons. The van der Waals surface area contributed by atoms with Gasteiger partial charge >= 0.3 is 0 Å². The molecular weight excluding hydrogens is 160 g/mol. The molecule has 0 unspecified atom stereocenters. The van der Waals surface area contributed by atoms with Gasteiger partial charge in [-0.2, -0.15) is 0 Å². The third kappa shape index (κ3) is 1.66. The first kappa shape index (κ1) is 8.17. The van der Waals surface area contributed by atoms with Crippen LogP contribution < -0.4 is 5.32 Å². The van der Waals surface area contributed by atoms with E-state index in [-0.39, 0.29) is 0 Å². The number of fused-ring (bicyclic) bond motifs is 1. The molecule has 1 heterocycles. The summed E-state index contributed by atoms with van der Waals surface area (Å²) in [5.74, 6) is 1.09. The lowest BCUT2D eigenvalue weighted by atomic mass is 10.2. The smallest absolute Gasteiger partial charge is 0.104 e. The Morgan fingerprint density at radius 2 is 2.00 bits per heavy atom. The fourth-order valence-electron chi connectivity index (χ4n) is 1.46. The van der Waals surface area contributed by atoms with Crippen molar-refractivity contribution < 1.29 is 0 Å². The van der Waals surface area contributed by atoms with Crippen molar-refractivity contribution in [2.45, 2.75) is 19.9 Å². The van der Waals surface area contributed by atoms with Crippen LogP contribution >= 0.6 is 0 Å². The zero-order valence-electron chi connectivity index (χ0n) is 7.96. The molecule has 0 fully saturated rings. The number of benzene rings is 1. The Bertz CT molecular complexity index is 368. The number of hydrogen-bond acceptors (Lipinski definition) is 1. The maximum Gasteiger partial charge on any atom is 0.104 e. The van der Waals surface area contributed by atoms with Gasteiger partial charge in [0, 0.05) is 16.9 Å². The van der Waals surface area contributed by atoms with Crippen molar-refractivity contribution in [1.82, 2.24) is 4.98 Å². The molecule has 2 nitrogen and oxygen atoms in total. The van der Waals surface area contributed by atoms with E-state index >= 15 is 0 Å². The highest BCUT2D eigenvalue weighted by Gasteiger charge is 1.99. The molecule has 2 rings (SSSR count). The quantitative estimate of drug-likeness (QED) is 0.719. The number of rotatable bonds is 2. The van der Waals surface area contributed by atoms with Gasteiger partial charge in [0.2, 0.25) is 0 Å². The van der Waals surface area contributed by atoms with Crippen molar-refractivity contribution >= 4 is 16.7 Å². The minimum atomic E-state index is 0.466. The lowest BCUT2D eigenvalue weighted by Gasteiger charge is -2.05. The van der Waals surface area contributed by atoms with Gasteiger partial charge in [0.25, 0.3) is 0 Å². The Labute approximate surface area is 78.0 Å². The number of hydrogen-bond donors (Lipinski definition) is 2. The van der Waals surface area contributed by atoms with Crippen LogP contribution in [0.1, 0.15) is 13.8 Å². The standard InChI is InChI=1S/C11H14N2/c1-8(2)12-11-7-9-5-3-4-6-10(9)13-11/h3-8,12-13H,1-2H3. The number of nitrogens with one attached hydrogen (secondary N) is 2. The van der Waals surface area contributed by atoms with E-state index in [1.807, 2.05) is 6.07 Å². The topological polar surface area (TPSA) is 27.8 Å². The molecule has 0 saturated heterocycles. The molecule has 0 aliphatic rings. The number of aromatic nitrogens is 1. The molecule has 1 aromatic heterocycles. The summed E-state index contributed by atoms with van der Waals surface area (Å²) in [6, 6.07) is 10.9. The fourth-order valence-corrected chi connectivity index (χ4v) is 1.46. The average Bonchev–Trinajstić information content (AvgIpc) is 2.44. The van der Waals surface area contributed by atoms with Gasteiger partial charge in [0.15, 0.2) is 0 Å². The van der Waals surface area contributed by atoms with Gasteiger partial charge in [0.05, 0.1) is 0 Å². The molecule has 2 aromatic rings. The fraction of sp³-hybridized carbons (Fsp3) is 0.273. The number of para-hydroxylation sites is 1. The maximum absolute atomic E-state index is 3.34. The van der Waals surface area contributed by atoms with Gasteiger partial charge in [-0.1, -0.05) is 18.2 Å². The predicted octanol–water partition coefficient (Wildman–Crippen LogP) is 2.99. The SMILES string of the molecule is CC(C)Nc1cc2ccccc2[nH]1. The van der Waals surface area contributed by atoms with Crippen LogP contribution in [0.2, 0.25) is 0 Å². The van der Waals surface area contributed by atoms with E-state index in [1.54, 1.807) is 0 Å². The molecule has 0 aliphatic carbocycles. The van der Waals surface area contributed by atoms with Gasteiger partial charge in [-0.3, -0.25) is 0 Å². The van der Waals surface area contributed by atoms with Crippen molar-refractivity contribution in [2.75, 3.05) is 5.32 Å². The summed E-state index contributed by atoms with van der Waals surface area (Å²) in [5.41, 5.74) is 1.19. The Hall–Kier alpha value is -1.44. The summed E-state index contributed by atoms with van der Waals surface area (Å²) in [4.78, 5) is 3.32. The second kappa shape index (κ2) is 3.13. The zero-order chi connectivity index (χ0) is 9.26. The highest BCUT2D eigenvalue weighted by Crippen LogP contribution is 2.18. The van der Waals surface area contributed by atoms with Gasteiger partial charge in [-0.05, 0) is 26.0 Å². The molecule has 0 aliphatic heterocycles. The summed E-state index contributed by atoms with van der Waals surface area (Å²) in [6.07, 6.45) is 0. The molecule has 1 aromatic carbocycles. The molecule has 2 heteroatoms. The summed E-state index contributed by atoms with van der Waals surface area (Å²) in [7, 11) is 0. The van der Waals surface area contributed by atoms with Crippen molar-refractivity contribution in [3.63, 3.8) is 0 Å². The Morgan fingerprint density at radius 3 is 2.69 bits per heavy atom. The highest BCUT2D eigenvalue weighted by molar-refractivity contribution is 5.83. The van der Waals surface area contributed by atoms with Crippen LogP contribution in [0.25, 0.3) is 10.9 Å². The van der Waals surface area contributed by atoms with Gasteiger partial charge in [-0.25, -0.2) is 0 Å². The number of aromatic amines is 1. The molecule has 0 radical (unpaired) electrons. The Morgan fingerprint density at radius 1 is 1.23 bits per heavy atom. The normalized spacial score (nSPS) is 11.0. The third-order valence-electron chi connectivity index (χ3n) is 1.97. The Kier molecular flexibility index (Phi) is 1.97. The van der Waals surface area contributed by atoms with Crippen molar-refractivity contribution in [1.29, 1.82) is 0 Å². The summed E-state index contributed by atoms with van der Waals surface area (Å²) in [6.45, 7) is 4.26.